The topological polar surface area (TPSA) is 77.7 Å². The van der Waals surface area contributed by atoms with E-state index in [1.807, 2.05) is 11.9 Å². The minimum absolute atomic E-state index is 0.313. The van der Waals surface area contributed by atoms with Crippen LogP contribution in [-0.2, 0) is 9.47 Å². The summed E-state index contributed by atoms with van der Waals surface area (Å²) in [6.07, 6.45) is 3.41. The molecule has 6 heteroatoms. The molecule has 1 aliphatic heterocycles. The SMILES string of the molecule is CCOC(=O)c1cc(N)cnc1N(C)C1CCOCC1. The van der Waals surface area contributed by atoms with E-state index >= 15 is 0 Å². The molecule has 1 saturated heterocycles. The van der Waals surface area contributed by atoms with Gasteiger partial charge < -0.3 is 20.1 Å². The number of pyridine rings is 1. The normalized spacial score (nSPS) is 15.9. The zero-order chi connectivity index (χ0) is 14.5. The summed E-state index contributed by atoms with van der Waals surface area (Å²) in [7, 11) is 1.94. The molecular weight excluding hydrogens is 258 g/mol. The van der Waals surface area contributed by atoms with Gasteiger partial charge in [-0.05, 0) is 25.8 Å². The van der Waals surface area contributed by atoms with Crippen molar-refractivity contribution < 1.29 is 14.3 Å². The molecule has 2 rings (SSSR count). The summed E-state index contributed by atoms with van der Waals surface area (Å²) >= 11 is 0. The summed E-state index contributed by atoms with van der Waals surface area (Å²) in [6.45, 7) is 3.57. The second-order valence-electron chi connectivity index (χ2n) is 4.81. The highest BCUT2D eigenvalue weighted by Crippen LogP contribution is 2.25. The van der Waals surface area contributed by atoms with Crippen molar-refractivity contribution in [3.8, 4) is 0 Å². The molecule has 0 spiro atoms. The number of carbonyl (C=O) groups excluding carboxylic acids is 1. The first kappa shape index (κ1) is 14.6. The van der Waals surface area contributed by atoms with Crippen molar-refractivity contribution in [2.24, 2.45) is 0 Å². The second-order valence-corrected chi connectivity index (χ2v) is 4.81. The van der Waals surface area contributed by atoms with E-state index in [-0.39, 0.29) is 5.97 Å². The third-order valence-electron chi connectivity index (χ3n) is 3.46. The van der Waals surface area contributed by atoms with Gasteiger partial charge in [-0.25, -0.2) is 9.78 Å². The zero-order valence-electron chi connectivity index (χ0n) is 12.0. The van der Waals surface area contributed by atoms with E-state index in [0.717, 1.165) is 26.1 Å². The Morgan fingerprint density at radius 1 is 1.55 bits per heavy atom. The van der Waals surface area contributed by atoms with Gasteiger partial charge in [0.15, 0.2) is 0 Å². The average molecular weight is 279 g/mol. The van der Waals surface area contributed by atoms with E-state index in [2.05, 4.69) is 4.98 Å². The molecule has 0 saturated carbocycles. The van der Waals surface area contributed by atoms with E-state index in [1.54, 1.807) is 19.2 Å². The lowest BCUT2D eigenvalue weighted by Crippen LogP contribution is -2.38. The average Bonchev–Trinajstić information content (AvgIpc) is 2.47. The Labute approximate surface area is 118 Å². The maximum absolute atomic E-state index is 12.0. The van der Waals surface area contributed by atoms with Crippen LogP contribution in [0.15, 0.2) is 12.3 Å². The molecule has 0 unspecified atom stereocenters. The Morgan fingerprint density at radius 3 is 2.90 bits per heavy atom. The molecule has 1 aromatic heterocycles. The molecule has 0 radical (unpaired) electrons. The van der Waals surface area contributed by atoms with Gasteiger partial charge in [-0.15, -0.1) is 0 Å². The lowest BCUT2D eigenvalue weighted by atomic mass is 10.1. The van der Waals surface area contributed by atoms with Crippen LogP contribution in [0.3, 0.4) is 0 Å². The van der Waals surface area contributed by atoms with Gasteiger partial charge in [-0.3, -0.25) is 0 Å². The van der Waals surface area contributed by atoms with Gasteiger partial charge in [-0.2, -0.15) is 0 Å². The van der Waals surface area contributed by atoms with Gasteiger partial charge in [0, 0.05) is 26.3 Å². The van der Waals surface area contributed by atoms with E-state index in [9.17, 15) is 4.79 Å². The molecule has 2 N–H and O–H groups in total. The molecule has 110 valence electrons. The van der Waals surface area contributed by atoms with Gasteiger partial charge in [0.2, 0.25) is 0 Å². The highest BCUT2D eigenvalue weighted by atomic mass is 16.5. The number of hydrogen-bond donors (Lipinski definition) is 1. The van der Waals surface area contributed by atoms with E-state index in [0.29, 0.717) is 29.7 Å². The first-order chi connectivity index (χ1) is 9.63. The number of esters is 1. The number of anilines is 2. The lowest BCUT2D eigenvalue weighted by molar-refractivity contribution is 0.0526. The number of carbonyl (C=O) groups is 1. The van der Waals surface area contributed by atoms with Crippen molar-refractivity contribution >= 4 is 17.5 Å². The number of nitrogens with zero attached hydrogens (tertiary/aromatic N) is 2. The molecule has 1 aromatic rings. The molecule has 6 nitrogen and oxygen atoms in total. The molecular formula is C14H21N3O3. The summed E-state index contributed by atoms with van der Waals surface area (Å²) in [4.78, 5) is 18.4. The van der Waals surface area contributed by atoms with Crippen LogP contribution in [0.2, 0.25) is 0 Å². The zero-order valence-corrected chi connectivity index (χ0v) is 12.0. The first-order valence-electron chi connectivity index (χ1n) is 6.86. The molecule has 0 amide bonds. The second kappa shape index (κ2) is 6.56. The van der Waals surface area contributed by atoms with Gasteiger partial charge in [0.1, 0.15) is 11.4 Å². The Kier molecular flexibility index (Phi) is 4.79. The van der Waals surface area contributed by atoms with Crippen molar-refractivity contribution in [3.63, 3.8) is 0 Å². The maximum atomic E-state index is 12.0. The smallest absolute Gasteiger partial charge is 0.341 e. The summed E-state index contributed by atoms with van der Waals surface area (Å²) in [5, 5.41) is 0. The van der Waals surface area contributed by atoms with Crippen LogP contribution in [0.4, 0.5) is 11.5 Å². The van der Waals surface area contributed by atoms with Crippen LogP contribution in [0, 0.1) is 0 Å². The standard InChI is InChI=1S/C14H21N3O3/c1-3-20-14(18)12-8-10(15)9-16-13(12)17(2)11-4-6-19-7-5-11/h8-9,11H,3-7,15H2,1-2H3. The van der Waals surface area contributed by atoms with Crippen LogP contribution >= 0.6 is 0 Å². The Bertz CT molecular complexity index is 473. The maximum Gasteiger partial charge on any atom is 0.341 e. The largest absolute Gasteiger partial charge is 0.462 e. The molecule has 1 aliphatic rings. The van der Waals surface area contributed by atoms with Crippen LogP contribution in [0.25, 0.3) is 0 Å². The molecule has 1 fully saturated rings. The highest BCUT2D eigenvalue weighted by molar-refractivity contribution is 5.95. The monoisotopic (exact) mass is 279 g/mol. The third-order valence-corrected chi connectivity index (χ3v) is 3.46. The van der Waals surface area contributed by atoms with E-state index in [4.69, 9.17) is 15.2 Å². The number of nitrogens with two attached hydrogens (primary N) is 1. The van der Waals surface area contributed by atoms with Gasteiger partial charge in [-0.1, -0.05) is 0 Å². The minimum Gasteiger partial charge on any atom is -0.462 e. The predicted molar refractivity (Wildman–Crippen MR) is 76.8 cm³/mol. The van der Waals surface area contributed by atoms with Gasteiger partial charge >= 0.3 is 5.97 Å². The fraction of sp³-hybridized carbons (Fsp3) is 0.571. The summed E-state index contributed by atoms with van der Waals surface area (Å²) < 4.78 is 10.4. The van der Waals surface area contributed by atoms with Crippen molar-refractivity contribution in [1.29, 1.82) is 0 Å². The van der Waals surface area contributed by atoms with Crippen LogP contribution in [0.5, 0.6) is 0 Å². The van der Waals surface area contributed by atoms with E-state index < -0.39 is 0 Å². The Hall–Kier alpha value is -1.82. The van der Waals surface area contributed by atoms with Crippen LogP contribution in [0.1, 0.15) is 30.1 Å². The number of nitrogen functional groups attached to an aromatic ring is 1. The van der Waals surface area contributed by atoms with Gasteiger partial charge in [0.25, 0.3) is 0 Å². The Balaban J connectivity index is 2.27. The number of hydrogen-bond acceptors (Lipinski definition) is 6. The minimum atomic E-state index is -0.388. The fourth-order valence-electron chi connectivity index (χ4n) is 2.36. The quantitative estimate of drug-likeness (QED) is 0.841. The summed E-state index contributed by atoms with van der Waals surface area (Å²) in [6, 6.07) is 1.93. The molecule has 2 heterocycles. The molecule has 0 atom stereocenters. The number of rotatable bonds is 4. The fourth-order valence-corrected chi connectivity index (χ4v) is 2.36. The molecule has 0 aromatic carbocycles. The number of aromatic nitrogens is 1. The predicted octanol–water partition coefficient (Wildman–Crippen LogP) is 1.46. The number of ether oxygens (including phenoxy) is 2. The summed E-state index contributed by atoms with van der Waals surface area (Å²) in [5.74, 6) is 0.228. The third kappa shape index (κ3) is 3.19. The van der Waals surface area contributed by atoms with Crippen molar-refractivity contribution in [3.05, 3.63) is 17.8 Å². The lowest BCUT2D eigenvalue weighted by Gasteiger charge is -2.32. The molecule has 0 aliphatic carbocycles. The van der Waals surface area contributed by atoms with Crippen molar-refractivity contribution in [1.82, 2.24) is 4.98 Å². The van der Waals surface area contributed by atoms with Gasteiger partial charge in [0.05, 0.1) is 18.5 Å². The molecule has 0 bridgehead atoms. The van der Waals surface area contributed by atoms with Crippen LogP contribution in [-0.4, -0.2) is 43.9 Å². The Morgan fingerprint density at radius 2 is 2.25 bits per heavy atom. The van der Waals surface area contributed by atoms with Crippen molar-refractivity contribution in [2.45, 2.75) is 25.8 Å². The van der Waals surface area contributed by atoms with Crippen LogP contribution < -0.4 is 10.6 Å². The summed E-state index contributed by atoms with van der Waals surface area (Å²) in [5.41, 5.74) is 6.60. The first-order valence-corrected chi connectivity index (χ1v) is 6.86. The highest BCUT2D eigenvalue weighted by Gasteiger charge is 2.24. The van der Waals surface area contributed by atoms with E-state index in [1.165, 1.54) is 0 Å². The molecule has 20 heavy (non-hydrogen) atoms. The van der Waals surface area contributed by atoms with Crippen molar-refractivity contribution in [2.75, 3.05) is 37.5 Å².